The summed E-state index contributed by atoms with van der Waals surface area (Å²) in [5.41, 5.74) is 6.13. The Bertz CT molecular complexity index is 698. The molecule has 1 aliphatic heterocycles. The largest absolute Gasteiger partial charge is 0.316 e. The Morgan fingerprint density at radius 2 is 1.90 bits per heavy atom. The van der Waals surface area contributed by atoms with Gasteiger partial charge in [-0.2, -0.15) is 0 Å². The summed E-state index contributed by atoms with van der Waals surface area (Å²) in [7, 11) is 0. The van der Waals surface area contributed by atoms with Crippen LogP contribution in [0.1, 0.15) is 34.3 Å². The van der Waals surface area contributed by atoms with Crippen molar-refractivity contribution in [3.8, 4) is 11.1 Å². The van der Waals surface area contributed by atoms with E-state index in [2.05, 4.69) is 41.7 Å². The molecule has 2 aliphatic rings. The number of hydrogen-bond donors (Lipinski definition) is 1. The van der Waals surface area contributed by atoms with Gasteiger partial charge in [0.1, 0.15) is 0 Å². The van der Waals surface area contributed by atoms with E-state index in [0.717, 1.165) is 37.9 Å². The zero-order valence-electron chi connectivity index (χ0n) is 12.1. The van der Waals surface area contributed by atoms with Gasteiger partial charge in [-0.25, -0.2) is 0 Å². The molecule has 0 amide bonds. The van der Waals surface area contributed by atoms with Gasteiger partial charge in [0.05, 0.1) is 0 Å². The van der Waals surface area contributed by atoms with Crippen molar-refractivity contribution < 1.29 is 4.79 Å². The first-order valence-corrected chi connectivity index (χ1v) is 7.79. The maximum Gasteiger partial charge on any atom is 0.167 e. The molecule has 2 nitrogen and oxygen atoms in total. The Morgan fingerprint density at radius 3 is 2.76 bits per heavy atom. The van der Waals surface area contributed by atoms with Crippen LogP contribution in [-0.4, -0.2) is 18.9 Å². The molecule has 1 heterocycles. The number of carbonyl (C=O) groups is 1. The average molecular weight is 277 g/mol. The van der Waals surface area contributed by atoms with E-state index in [4.69, 9.17) is 0 Å². The molecular weight excluding hydrogens is 258 g/mol. The number of benzene rings is 2. The first-order valence-electron chi connectivity index (χ1n) is 7.79. The van der Waals surface area contributed by atoms with Crippen LogP contribution < -0.4 is 5.32 Å². The second kappa shape index (κ2) is 5.12. The Kier molecular flexibility index (Phi) is 3.12. The zero-order chi connectivity index (χ0) is 14.2. The topological polar surface area (TPSA) is 29.1 Å². The fraction of sp³-hybridized carbons (Fsp3) is 0.316. The zero-order valence-corrected chi connectivity index (χ0v) is 12.1. The summed E-state index contributed by atoms with van der Waals surface area (Å²) in [5, 5.41) is 3.33. The molecule has 2 heteroatoms. The molecule has 2 aromatic carbocycles. The second-order valence-electron chi connectivity index (χ2n) is 6.11. The lowest BCUT2D eigenvalue weighted by atomic mass is 9.89. The molecule has 0 bridgehead atoms. The van der Waals surface area contributed by atoms with Gasteiger partial charge >= 0.3 is 0 Å². The number of piperidine rings is 1. The Labute approximate surface area is 125 Å². The van der Waals surface area contributed by atoms with Crippen molar-refractivity contribution in [2.24, 2.45) is 5.92 Å². The number of ketones is 1. The van der Waals surface area contributed by atoms with Gasteiger partial charge < -0.3 is 5.32 Å². The molecule has 1 atom stereocenters. The molecular formula is C19H19NO. The summed E-state index contributed by atoms with van der Waals surface area (Å²) in [4.78, 5) is 12.7. The molecule has 0 saturated carbocycles. The van der Waals surface area contributed by atoms with Crippen LogP contribution in [0.3, 0.4) is 0 Å². The lowest BCUT2D eigenvalue weighted by molar-refractivity contribution is 0.0900. The quantitative estimate of drug-likeness (QED) is 0.727. The van der Waals surface area contributed by atoms with Crippen LogP contribution in [0.2, 0.25) is 0 Å². The number of carbonyl (C=O) groups excluding carboxylic acids is 1. The van der Waals surface area contributed by atoms with Crippen molar-refractivity contribution in [2.45, 2.75) is 19.3 Å². The molecule has 1 N–H and O–H groups in total. The van der Waals surface area contributed by atoms with Crippen molar-refractivity contribution in [3.05, 3.63) is 59.2 Å². The fourth-order valence-corrected chi connectivity index (χ4v) is 3.59. The van der Waals surface area contributed by atoms with Gasteiger partial charge in [0.15, 0.2) is 5.78 Å². The van der Waals surface area contributed by atoms with E-state index in [-0.39, 0.29) is 5.92 Å². The van der Waals surface area contributed by atoms with Gasteiger partial charge in [-0.3, -0.25) is 4.79 Å². The molecule has 1 saturated heterocycles. The van der Waals surface area contributed by atoms with Gasteiger partial charge in [0.2, 0.25) is 0 Å². The number of nitrogens with one attached hydrogen (secondary N) is 1. The first-order chi connectivity index (χ1) is 10.3. The van der Waals surface area contributed by atoms with E-state index < -0.39 is 0 Å². The Morgan fingerprint density at radius 1 is 1.05 bits per heavy atom. The molecule has 1 fully saturated rings. The minimum Gasteiger partial charge on any atom is -0.316 e. The number of fused-ring (bicyclic) bond motifs is 3. The van der Waals surface area contributed by atoms with E-state index >= 15 is 0 Å². The van der Waals surface area contributed by atoms with E-state index in [1.807, 2.05) is 6.07 Å². The Hall–Kier alpha value is -1.93. The van der Waals surface area contributed by atoms with E-state index in [9.17, 15) is 4.79 Å². The normalized spacial score (nSPS) is 19.9. The standard InChI is InChI=1S/C19H19NO/c21-19(16-5-3-9-20-12-16)15-8-7-14-10-13-4-1-2-6-17(13)18(14)11-15/h1-2,4,6-8,11,16,20H,3,5,9-10,12H2. The van der Waals surface area contributed by atoms with Crippen molar-refractivity contribution in [3.63, 3.8) is 0 Å². The average Bonchev–Trinajstić information content (AvgIpc) is 2.93. The summed E-state index contributed by atoms with van der Waals surface area (Å²) in [6.07, 6.45) is 3.11. The van der Waals surface area contributed by atoms with E-state index in [1.54, 1.807) is 0 Å². The molecule has 4 rings (SSSR count). The van der Waals surface area contributed by atoms with Crippen LogP contribution in [0, 0.1) is 5.92 Å². The van der Waals surface area contributed by atoms with Gasteiger partial charge in [0, 0.05) is 18.0 Å². The highest BCUT2D eigenvalue weighted by Gasteiger charge is 2.24. The van der Waals surface area contributed by atoms with E-state index in [0.29, 0.717) is 5.78 Å². The highest BCUT2D eigenvalue weighted by molar-refractivity contribution is 5.99. The lowest BCUT2D eigenvalue weighted by Gasteiger charge is -2.21. The summed E-state index contributed by atoms with van der Waals surface area (Å²) in [5.74, 6) is 0.447. The van der Waals surface area contributed by atoms with Gasteiger partial charge in [-0.1, -0.05) is 36.4 Å². The molecule has 0 aromatic heterocycles. The van der Waals surface area contributed by atoms with Crippen LogP contribution in [0.25, 0.3) is 11.1 Å². The van der Waals surface area contributed by atoms with Crippen LogP contribution in [0.5, 0.6) is 0 Å². The minimum absolute atomic E-state index is 0.147. The molecule has 2 aromatic rings. The third-order valence-electron chi connectivity index (χ3n) is 4.75. The van der Waals surface area contributed by atoms with Crippen LogP contribution in [0.15, 0.2) is 42.5 Å². The first kappa shape index (κ1) is 12.8. The van der Waals surface area contributed by atoms with Gasteiger partial charge in [-0.15, -0.1) is 0 Å². The summed E-state index contributed by atoms with van der Waals surface area (Å²) >= 11 is 0. The monoisotopic (exact) mass is 277 g/mol. The number of hydrogen-bond acceptors (Lipinski definition) is 2. The maximum absolute atomic E-state index is 12.7. The highest BCUT2D eigenvalue weighted by Crippen LogP contribution is 2.37. The molecule has 0 radical (unpaired) electrons. The fourth-order valence-electron chi connectivity index (χ4n) is 3.59. The summed E-state index contributed by atoms with van der Waals surface area (Å²) in [6, 6.07) is 14.8. The predicted octanol–water partition coefficient (Wildman–Crippen LogP) is 3.44. The van der Waals surface area contributed by atoms with Crippen LogP contribution in [0.4, 0.5) is 0 Å². The van der Waals surface area contributed by atoms with Crippen LogP contribution >= 0.6 is 0 Å². The second-order valence-corrected chi connectivity index (χ2v) is 6.11. The maximum atomic E-state index is 12.7. The molecule has 0 spiro atoms. The van der Waals surface area contributed by atoms with Crippen molar-refractivity contribution >= 4 is 5.78 Å². The third-order valence-corrected chi connectivity index (χ3v) is 4.75. The molecule has 1 unspecified atom stereocenters. The van der Waals surface area contributed by atoms with Gasteiger partial charge in [0.25, 0.3) is 0 Å². The summed E-state index contributed by atoms with van der Waals surface area (Å²) in [6.45, 7) is 1.87. The number of Topliss-reactive ketones (excluding diaryl/α,β-unsaturated/α-hetero) is 1. The van der Waals surface area contributed by atoms with Crippen LogP contribution in [-0.2, 0) is 6.42 Å². The van der Waals surface area contributed by atoms with Gasteiger partial charge in [-0.05, 0) is 54.1 Å². The third kappa shape index (κ3) is 2.20. The highest BCUT2D eigenvalue weighted by atomic mass is 16.1. The molecule has 1 aliphatic carbocycles. The predicted molar refractivity (Wildman–Crippen MR) is 84.6 cm³/mol. The molecule has 21 heavy (non-hydrogen) atoms. The smallest absolute Gasteiger partial charge is 0.167 e. The number of rotatable bonds is 2. The Balaban J connectivity index is 1.69. The lowest BCUT2D eigenvalue weighted by Crippen LogP contribution is -2.34. The minimum atomic E-state index is 0.147. The molecule has 106 valence electrons. The van der Waals surface area contributed by atoms with E-state index in [1.165, 1.54) is 22.3 Å². The van der Waals surface area contributed by atoms with Crippen molar-refractivity contribution in [1.29, 1.82) is 0 Å². The van der Waals surface area contributed by atoms with Crippen molar-refractivity contribution in [2.75, 3.05) is 13.1 Å². The summed E-state index contributed by atoms with van der Waals surface area (Å²) < 4.78 is 0. The van der Waals surface area contributed by atoms with Crippen molar-refractivity contribution in [1.82, 2.24) is 5.32 Å². The SMILES string of the molecule is O=C(c1ccc2c(c1)-c1ccccc1C2)C1CCCNC1.